The number of aliphatic hydroxyl groups excluding tert-OH is 1. The van der Waals surface area contributed by atoms with Crippen LogP contribution in [0, 0.1) is 5.82 Å². The van der Waals surface area contributed by atoms with Crippen molar-refractivity contribution < 1.29 is 22.3 Å². The number of rotatable bonds is 5. The van der Waals surface area contributed by atoms with Gasteiger partial charge in [0.25, 0.3) is 0 Å². The van der Waals surface area contributed by atoms with Gasteiger partial charge in [0.1, 0.15) is 22.6 Å². The Hall–Kier alpha value is -1.41. The first kappa shape index (κ1) is 15.0. The monoisotopic (exact) mass is 319 g/mol. The average molecular weight is 320 g/mol. The van der Waals surface area contributed by atoms with Crippen LogP contribution >= 0.6 is 11.6 Å². The molecular formula is C12H11ClFNO4S. The normalized spacial score (nSPS) is 13.3. The smallest absolute Gasteiger partial charge is 0.242 e. The molecule has 20 heavy (non-hydrogen) atoms. The van der Waals surface area contributed by atoms with E-state index in [9.17, 15) is 17.9 Å². The number of benzene rings is 1. The Morgan fingerprint density at radius 3 is 2.75 bits per heavy atom. The molecule has 1 unspecified atom stereocenters. The van der Waals surface area contributed by atoms with Crippen LogP contribution in [0.5, 0.6) is 0 Å². The fraction of sp³-hybridized carbons (Fsp3) is 0.167. The number of furan rings is 1. The van der Waals surface area contributed by atoms with Gasteiger partial charge in [0.2, 0.25) is 10.0 Å². The average Bonchev–Trinajstić information content (AvgIpc) is 2.89. The maximum absolute atomic E-state index is 12.9. The molecule has 2 aromatic rings. The molecule has 1 heterocycles. The molecule has 8 heteroatoms. The van der Waals surface area contributed by atoms with Crippen LogP contribution in [0.15, 0.2) is 45.9 Å². The molecule has 1 atom stereocenters. The van der Waals surface area contributed by atoms with Gasteiger partial charge in [-0.2, -0.15) is 0 Å². The van der Waals surface area contributed by atoms with Crippen LogP contribution in [0.2, 0.25) is 5.02 Å². The molecule has 0 fully saturated rings. The SMILES string of the molecule is O=S(=O)(NCC(O)c1ccco1)c1ccc(F)cc1Cl. The van der Waals surface area contributed by atoms with Crippen LogP contribution < -0.4 is 4.72 Å². The minimum absolute atomic E-state index is 0.231. The molecule has 0 spiro atoms. The van der Waals surface area contributed by atoms with Crippen molar-refractivity contribution in [3.63, 3.8) is 0 Å². The lowest BCUT2D eigenvalue weighted by Gasteiger charge is -2.11. The van der Waals surface area contributed by atoms with Crippen LogP contribution in [0.3, 0.4) is 0 Å². The van der Waals surface area contributed by atoms with Crippen molar-refractivity contribution in [2.45, 2.75) is 11.0 Å². The third-order valence-corrected chi connectivity index (χ3v) is 4.43. The second kappa shape index (κ2) is 5.92. The fourth-order valence-corrected chi connectivity index (χ4v) is 3.11. The summed E-state index contributed by atoms with van der Waals surface area (Å²) in [6, 6.07) is 6.04. The fourth-order valence-electron chi connectivity index (χ4n) is 1.54. The van der Waals surface area contributed by atoms with E-state index in [1.54, 1.807) is 6.07 Å². The molecule has 1 aromatic carbocycles. The van der Waals surface area contributed by atoms with Gasteiger partial charge in [-0.1, -0.05) is 11.6 Å². The standard InChI is InChI=1S/C12H11ClFNO4S/c13-9-6-8(14)3-4-12(9)20(17,18)15-7-10(16)11-2-1-5-19-11/h1-6,10,15-16H,7H2. The van der Waals surface area contributed by atoms with Crippen LogP contribution in [0.4, 0.5) is 4.39 Å². The Labute approximate surface area is 120 Å². The van der Waals surface area contributed by atoms with Crippen LogP contribution in [-0.4, -0.2) is 20.1 Å². The van der Waals surface area contributed by atoms with Gasteiger partial charge in [0.05, 0.1) is 11.3 Å². The lowest BCUT2D eigenvalue weighted by atomic mass is 10.3. The molecule has 0 aliphatic rings. The van der Waals surface area contributed by atoms with Crippen molar-refractivity contribution in [1.29, 1.82) is 0 Å². The summed E-state index contributed by atoms with van der Waals surface area (Å²) >= 11 is 5.69. The van der Waals surface area contributed by atoms with E-state index in [-0.39, 0.29) is 22.2 Å². The maximum Gasteiger partial charge on any atom is 0.242 e. The van der Waals surface area contributed by atoms with Gasteiger partial charge in [-0.15, -0.1) is 0 Å². The van der Waals surface area contributed by atoms with Crippen LogP contribution in [0.1, 0.15) is 11.9 Å². The molecule has 108 valence electrons. The number of hydrogen-bond donors (Lipinski definition) is 2. The zero-order chi connectivity index (χ0) is 14.8. The molecule has 0 aliphatic heterocycles. The van der Waals surface area contributed by atoms with Crippen molar-refractivity contribution in [3.05, 3.63) is 53.2 Å². The summed E-state index contributed by atoms with van der Waals surface area (Å²) in [7, 11) is -3.94. The Morgan fingerprint density at radius 2 is 2.15 bits per heavy atom. The summed E-state index contributed by atoms with van der Waals surface area (Å²) in [6.07, 6.45) is 0.239. The Bertz CT molecular complexity index is 687. The van der Waals surface area contributed by atoms with Gasteiger partial charge < -0.3 is 9.52 Å². The highest BCUT2D eigenvalue weighted by Gasteiger charge is 2.20. The van der Waals surface area contributed by atoms with Crippen LogP contribution in [-0.2, 0) is 10.0 Å². The highest BCUT2D eigenvalue weighted by atomic mass is 35.5. The van der Waals surface area contributed by atoms with Crippen molar-refractivity contribution in [2.75, 3.05) is 6.54 Å². The molecule has 2 rings (SSSR count). The molecule has 5 nitrogen and oxygen atoms in total. The van der Waals surface area contributed by atoms with E-state index in [1.807, 2.05) is 0 Å². The third-order valence-electron chi connectivity index (χ3n) is 2.52. The zero-order valence-electron chi connectivity index (χ0n) is 10.1. The topological polar surface area (TPSA) is 79.5 Å². The van der Waals surface area contributed by atoms with E-state index in [4.69, 9.17) is 16.0 Å². The molecule has 0 aliphatic carbocycles. The molecule has 0 amide bonds. The summed E-state index contributed by atoms with van der Waals surface area (Å²) in [5.41, 5.74) is 0. The molecule has 0 saturated heterocycles. The third kappa shape index (κ3) is 3.37. The maximum atomic E-state index is 12.9. The van der Waals surface area contributed by atoms with E-state index in [2.05, 4.69) is 4.72 Å². The highest BCUT2D eigenvalue weighted by Crippen LogP contribution is 2.22. The minimum Gasteiger partial charge on any atom is -0.467 e. The van der Waals surface area contributed by atoms with E-state index < -0.39 is 21.9 Å². The molecule has 0 bridgehead atoms. The number of halogens is 2. The first-order chi connectivity index (χ1) is 9.40. The van der Waals surface area contributed by atoms with Crippen molar-refractivity contribution in [3.8, 4) is 0 Å². The summed E-state index contributed by atoms with van der Waals surface area (Å²) in [5.74, 6) is -0.400. The van der Waals surface area contributed by atoms with Crippen molar-refractivity contribution >= 4 is 21.6 Å². The predicted octanol–water partition coefficient (Wildman–Crippen LogP) is 2.08. The number of aliphatic hydroxyl groups is 1. The minimum atomic E-state index is -3.94. The van der Waals surface area contributed by atoms with Gasteiger partial charge in [0.15, 0.2) is 0 Å². The van der Waals surface area contributed by atoms with E-state index in [0.29, 0.717) is 0 Å². The summed E-state index contributed by atoms with van der Waals surface area (Å²) < 4.78 is 44.0. The van der Waals surface area contributed by atoms with Crippen molar-refractivity contribution in [1.82, 2.24) is 4.72 Å². The van der Waals surface area contributed by atoms with Gasteiger partial charge >= 0.3 is 0 Å². The zero-order valence-corrected chi connectivity index (χ0v) is 11.7. The van der Waals surface area contributed by atoms with E-state index >= 15 is 0 Å². The Kier molecular flexibility index (Phi) is 4.44. The van der Waals surface area contributed by atoms with Crippen molar-refractivity contribution in [2.24, 2.45) is 0 Å². The molecular weight excluding hydrogens is 309 g/mol. The number of nitrogens with one attached hydrogen (secondary N) is 1. The second-order valence-electron chi connectivity index (χ2n) is 3.96. The molecule has 1 aromatic heterocycles. The summed E-state index contributed by atoms with van der Waals surface area (Å²) in [5, 5.41) is 9.49. The molecule has 0 saturated carbocycles. The van der Waals surface area contributed by atoms with E-state index in [0.717, 1.165) is 18.2 Å². The first-order valence-electron chi connectivity index (χ1n) is 5.56. The van der Waals surface area contributed by atoms with Gasteiger partial charge in [0, 0.05) is 6.54 Å². The summed E-state index contributed by atoms with van der Waals surface area (Å²) in [6.45, 7) is -0.288. The first-order valence-corrected chi connectivity index (χ1v) is 7.42. The van der Waals surface area contributed by atoms with E-state index in [1.165, 1.54) is 12.3 Å². The Balaban J connectivity index is 2.11. The lowest BCUT2D eigenvalue weighted by molar-refractivity contribution is 0.154. The van der Waals surface area contributed by atoms with Gasteiger partial charge in [-0.3, -0.25) is 0 Å². The predicted molar refractivity (Wildman–Crippen MR) is 70.3 cm³/mol. The molecule has 0 radical (unpaired) electrons. The second-order valence-corrected chi connectivity index (χ2v) is 6.10. The van der Waals surface area contributed by atoms with Gasteiger partial charge in [-0.05, 0) is 30.3 Å². The molecule has 2 N–H and O–H groups in total. The summed E-state index contributed by atoms with van der Waals surface area (Å²) in [4.78, 5) is -0.257. The number of hydrogen-bond acceptors (Lipinski definition) is 4. The quantitative estimate of drug-likeness (QED) is 0.884. The largest absolute Gasteiger partial charge is 0.467 e. The van der Waals surface area contributed by atoms with Gasteiger partial charge in [-0.25, -0.2) is 17.5 Å². The van der Waals surface area contributed by atoms with Crippen LogP contribution in [0.25, 0.3) is 0 Å². The number of sulfonamides is 1. The lowest BCUT2D eigenvalue weighted by Crippen LogP contribution is -2.28. The highest BCUT2D eigenvalue weighted by molar-refractivity contribution is 7.89. The Morgan fingerprint density at radius 1 is 1.40 bits per heavy atom.